The predicted molar refractivity (Wildman–Crippen MR) is 82.2 cm³/mol. The molecule has 0 bridgehead atoms. The first-order chi connectivity index (χ1) is 10.6. The van der Waals surface area contributed by atoms with Gasteiger partial charge < -0.3 is 19.3 Å². The molecular formula is C16H20N2O4. The van der Waals surface area contributed by atoms with E-state index in [9.17, 15) is 9.59 Å². The molecule has 1 heterocycles. The van der Waals surface area contributed by atoms with Gasteiger partial charge >= 0.3 is 0 Å². The minimum Gasteiger partial charge on any atom is -0.493 e. The fourth-order valence-corrected chi connectivity index (χ4v) is 2.41. The first-order valence-electron chi connectivity index (χ1n) is 7.03. The van der Waals surface area contributed by atoms with Gasteiger partial charge in [0.25, 0.3) is 5.91 Å². The monoisotopic (exact) mass is 304 g/mol. The second-order valence-corrected chi connectivity index (χ2v) is 4.89. The zero-order valence-electron chi connectivity index (χ0n) is 12.9. The van der Waals surface area contributed by atoms with Crippen molar-refractivity contribution in [2.45, 2.75) is 0 Å². The molecule has 1 aromatic carbocycles. The van der Waals surface area contributed by atoms with Crippen LogP contribution in [-0.4, -0.2) is 62.0 Å². The summed E-state index contributed by atoms with van der Waals surface area (Å²) in [7, 11) is 3.08. The Bertz CT molecular complexity index is 578. The van der Waals surface area contributed by atoms with Crippen LogP contribution < -0.4 is 9.47 Å². The Kier molecular flexibility index (Phi) is 5.04. The van der Waals surface area contributed by atoms with Crippen molar-refractivity contribution in [2.24, 2.45) is 0 Å². The van der Waals surface area contributed by atoms with Crippen LogP contribution in [0.25, 0.3) is 0 Å². The molecule has 2 amide bonds. The predicted octanol–water partition coefficient (Wildman–Crippen LogP) is 1.17. The third kappa shape index (κ3) is 3.21. The van der Waals surface area contributed by atoms with Gasteiger partial charge in [-0.3, -0.25) is 9.59 Å². The molecule has 0 radical (unpaired) electrons. The Labute approximate surface area is 129 Å². The van der Waals surface area contributed by atoms with E-state index in [1.165, 1.54) is 13.2 Å². The van der Waals surface area contributed by atoms with Crippen LogP contribution in [0.4, 0.5) is 0 Å². The van der Waals surface area contributed by atoms with Crippen molar-refractivity contribution >= 4 is 11.8 Å². The Hall–Kier alpha value is -2.50. The number of carbonyl (C=O) groups excluding carboxylic acids is 2. The highest BCUT2D eigenvalue weighted by atomic mass is 16.5. The number of hydrogen-bond acceptors (Lipinski definition) is 4. The highest BCUT2D eigenvalue weighted by Gasteiger charge is 2.24. The molecule has 0 N–H and O–H groups in total. The number of amides is 2. The Morgan fingerprint density at radius 3 is 2.18 bits per heavy atom. The molecule has 0 spiro atoms. The lowest BCUT2D eigenvalue weighted by atomic mass is 10.1. The summed E-state index contributed by atoms with van der Waals surface area (Å²) in [6.45, 7) is 5.52. The molecule has 1 fully saturated rings. The molecule has 6 nitrogen and oxygen atoms in total. The van der Waals surface area contributed by atoms with Gasteiger partial charge in [-0.05, 0) is 24.3 Å². The van der Waals surface area contributed by atoms with Crippen LogP contribution in [0.3, 0.4) is 0 Å². The van der Waals surface area contributed by atoms with E-state index < -0.39 is 0 Å². The topological polar surface area (TPSA) is 59.1 Å². The standard InChI is InChI=1S/C16H20N2O4/c1-4-15(19)17-7-9-18(10-8-17)16(20)12-5-6-13(21-2)14(11-12)22-3/h4-6,11H,1,7-10H2,2-3H3. The van der Waals surface area contributed by atoms with Crippen molar-refractivity contribution in [3.8, 4) is 11.5 Å². The van der Waals surface area contributed by atoms with E-state index in [0.717, 1.165) is 0 Å². The molecule has 2 rings (SSSR count). The third-order valence-corrected chi connectivity index (χ3v) is 3.68. The van der Waals surface area contributed by atoms with Crippen molar-refractivity contribution in [1.82, 2.24) is 9.80 Å². The summed E-state index contributed by atoms with van der Waals surface area (Å²) < 4.78 is 10.4. The molecule has 1 aromatic rings. The largest absolute Gasteiger partial charge is 0.493 e. The molecule has 6 heteroatoms. The first-order valence-corrected chi connectivity index (χ1v) is 7.03. The van der Waals surface area contributed by atoms with Crippen molar-refractivity contribution in [3.63, 3.8) is 0 Å². The van der Waals surface area contributed by atoms with E-state index in [-0.39, 0.29) is 11.8 Å². The minimum absolute atomic E-state index is 0.0772. The Morgan fingerprint density at radius 1 is 1.05 bits per heavy atom. The second kappa shape index (κ2) is 6.98. The number of ether oxygens (including phenoxy) is 2. The highest BCUT2D eigenvalue weighted by molar-refractivity contribution is 5.95. The number of nitrogens with zero attached hydrogens (tertiary/aromatic N) is 2. The first kappa shape index (κ1) is 15.9. The quantitative estimate of drug-likeness (QED) is 0.784. The summed E-state index contributed by atoms with van der Waals surface area (Å²) in [5.74, 6) is 0.930. The third-order valence-electron chi connectivity index (χ3n) is 3.68. The van der Waals surface area contributed by atoms with Gasteiger partial charge in [0.2, 0.25) is 5.91 Å². The zero-order chi connectivity index (χ0) is 16.1. The molecule has 1 saturated heterocycles. The van der Waals surface area contributed by atoms with Gasteiger partial charge in [-0.25, -0.2) is 0 Å². The van der Waals surface area contributed by atoms with Gasteiger partial charge in [0.15, 0.2) is 11.5 Å². The summed E-state index contributed by atoms with van der Waals surface area (Å²) >= 11 is 0. The van der Waals surface area contributed by atoms with Gasteiger partial charge in [0.1, 0.15) is 0 Å². The Balaban J connectivity index is 2.07. The smallest absolute Gasteiger partial charge is 0.254 e. The molecule has 0 atom stereocenters. The molecule has 0 saturated carbocycles. The molecule has 22 heavy (non-hydrogen) atoms. The lowest BCUT2D eigenvalue weighted by Gasteiger charge is -2.34. The number of methoxy groups -OCH3 is 2. The maximum atomic E-state index is 12.5. The van der Waals surface area contributed by atoms with Gasteiger partial charge in [-0.2, -0.15) is 0 Å². The van der Waals surface area contributed by atoms with E-state index in [0.29, 0.717) is 43.2 Å². The number of rotatable bonds is 4. The number of benzene rings is 1. The fourth-order valence-electron chi connectivity index (χ4n) is 2.41. The summed E-state index contributed by atoms with van der Waals surface area (Å²) in [4.78, 5) is 27.5. The van der Waals surface area contributed by atoms with Gasteiger partial charge in [0, 0.05) is 31.7 Å². The van der Waals surface area contributed by atoms with Gasteiger partial charge in [-0.15, -0.1) is 0 Å². The maximum absolute atomic E-state index is 12.5. The van der Waals surface area contributed by atoms with Gasteiger partial charge in [0.05, 0.1) is 14.2 Å². The van der Waals surface area contributed by atoms with E-state index in [1.54, 1.807) is 35.1 Å². The normalized spacial score (nSPS) is 14.5. The van der Waals surface area contributed by atoms with Crippen molar-refractivity contribution in [3.05, 3.63) is 36.4 Å². The molecule has 0 aromatic heterocycles. The van der Waals surface area contributed by atoms with Crippen LogP contribution in [0, 0.1) is 0 Å². The van der Waals surface area contributed by atoms with Crippen LogP contribution in [0.15, 0.2) is 30.9 Å². The highest BCUT2D eigenvalue weighted by Crippen LogP contribution is 2.28. The van der Waals surface area contributed by atoms with Crippen molar-refractivity contribution in [1.29, 1.82) is 0 Å². The Morgan fingerprint density at radius 2 is 1.64 bits per heavy atom. The molecule has 0 unspecified atom stereocenters. The van der Waals surface area contributed by atoms with Crippen LogP contribution in [0.2, 0.25) is 0 Å². The molecular weight excluding hydrogens is 284 g/mol. The van der Waals surface area contributed by atoms with Crippen LogP contribution in [0.1, 0.15) is 10.4 Å². The summed E-state index contributed by atoms with van der Waals surface area (Å²) in [5, 5.41) is 0. The summed E-state index contributed by atoms with van der Waals surface area (Å²) in [5.41, 5.74) is 0.543. The fraction of sp³-hybridized carbons (Fsp3) is 0.375. The SMILES string of the molecule is C=CC(=O)N1CCN(C(=O)c2ccc(OC)c(OC)c2)CC1. The molecule has 1 aliphatic heterocycles. The van der Waals surface area contributed by atoms with Gasteiger partial charge in [-0.1, -0.05) is 6.58 Å². The average Bonchev–Trinajstić information content (AvgIpc) is 2.59. The number of carbonyl (C=O) groups is 2. The number of hydrogen-bond donors (Lipinski definition) is 0. The lowest BCUT2D eigenvalue weighted by molar-refractivity contribution is -0.127. The lowest BCUT2D eigenvalue weighted by Crippen LogP contribution is -2.50. The maximum Gasteiger partial charge on any atom is 0.254 e. The number of piperazine rings is 1. The van der Waals surface area contributed by atoms with E-state index in [1.807, 2.05) is 0 Å². The van der Waals surface area contributed by atoms with Crippen LogP contribution in [-0.2, 0) is 4.79 Å². The van der Waals surface area contributed by atoms with E-state index in [4.69, 9.17) is 9.47 Å². The minimum atomic E-state index is -0.0989. The molecule has 118 valence electrons. The zero-order valence-corrected chi connectivity index (χ0v) is 12.9. The van der Waals surface area contributed by atoms with Crippen LogP contribution >= 0.6 is 0 Å². The van der Waals surface area contributed by atoms with Crippen LogP contribution in [0.5, 0.6) is 11.5 Å². The molecule has 0 aliphatic carbocycles. The average molecular weight is 304 g/mol. The second-order valence-electron chi connectivity index (χ2n) is 4.89. The summed E-state index contributed by atoms with van der Waals surface area (Å²) in [6.07, 6.45) is 1.30. The van der Waals surface area contributed by atoms with E-state index >= 15 is 0 Å². The molecule has 1 aliphatic rings. The van der Waals surface area contributed by atoms with Crippen molar-refractivity contribution in [2.75, 3.05) is 40.4 Å². The van der Waals surface area contributed by atoms with E-state index in [2.05, 4.69) is 6.58 Å². The van der Waals surface area contributed by atoms with Crippen molar-refractivity contribution < 1.29 is 19.1 Å². The summed E-state index contributed by atoms with van der Waals surface area (Å²) in [6, 6.07) is 5.09.